The summed E-state index contributed by atoms with van der Waals surface area (Å²) in [6, 6.07) is 0.442. The average molecular weight is 239 g/mol. The molecule has 0 spiro atoms. The van der Waals surface area contributed by atoms with Gasteiger partial charge in [0.15, 0.2) is 0 Å². The van der Waals surface area contributed by atoms with Crippen LogP contribution in [0.2, 0.25) is 0 Å². The fourth-order valence-electron chi connectivity index (χ4n) is 2.89. The first kappa shape index (κ1) is 14.2. The quantitative estimate of drug-likeness (QED) is 0.694. The van der Waals surface area contributed by atoms with E-state index in [1.807, 2.05) is 0 Å². The summed E-state index contributed by atoms with van der Waals surface area (Å²) < 4.78 is 0. The van der Waals surface area contributed by atoms with Crippen LogP contribution in [0.4, 0.5) is 0 Å². The monoisotopic (exact) mass is 239 g/mol. The third-order valence-corrected chi connectivity index (χ3v) is 3.73. The molecular formula is C14H25NO2. The normalized spacial score (nSPS) is 24.8. The largest absolute Gasteiger partial charge is 0.480 e. The second-order valence-electron chi connectivity index (χ2n) is 5.08. The summed E-state index contributed by atoms with van der Waals surface area (Å²) in [4.78, 5) is 12.9. The van der Waals surface area contributed by atoms with Crippen LogP contribution in [-0.4, -0.2) is 35.1 Å². The second-order valence-corrected chi connectivity index (χ2v) is 5.08. The number of carboxylic acid groups (broad SMARTS) is 1. The fraction of sp³-hybridized carbons (Fsp3) is 0.786. The molecule has 0 unspecified atom stereocenters. The first-order chi connectivity index (χ1) is 8.17. The Morgan fingerprint density at radius 1 is 1.41 bits per heavy atom. The van der Waals surface area contributed by atoms with E-state index >= 15 is 0 Å². The zero-order valence-corrected chi connectivity index (χ0v) is 10.9. The predicted octanol–water partition coefficient (Wildman–Crippen LogP) is 2.92. The molecule has 1 fully saturated rings. The molecule has 0 radical (unpaired) electrons. The number of hydrogen-bond donors (Lipinski definition) is 1. The maximum atomic E-state index is 10.8. The van der Waals surface area contributed by atoms with E-state index in [9.17, 15) is 4.79 Å². The van der Waals surface area contributed by atoms with Crippen LogP contribution in [-0.2, 0) is 4.79 Å². The van der Waals surface area contributed by atoms with Gasteiger partial charge in [0, 0.05) is 12.6 Å². The Balaban J connectivity index is 2.42. The third-order valence-electron chi connectivity index (χ3n) is 3.73. The number of hydrogen-bond acceptors (Lipinski definition) is 2. The van der Waals surface area contributed by atoms with Crippen molar-refractivity contribution in [1.82, 2.24) is 4.90 Å². The van der Waals surface area contributed by atoms with Crippen LogP contribution in [0.5, 0.6) is 0 Å². The molecule has 0 heterocycles. The highest BCUT2D eigenvalue weighted by atomic mass is 16.4. The lowest BCUT2D eigenvalue weighted by Crippen LogP contribution is -2.41. The standard InChI is InChI=1S/C14H25NO2/c1-3-5-12-6-8-13(9-7-12)15(10-4-2)11-14(16)17/h4,12-13H,2-3,5-11H2,1H3,(H,16,17). The Bertz CT molecular complexity index is 245. The molecule has 3 nitrogen and oxygen atoms in total. The third kappa shape index (κ3) is 4.90. The molecule has 0 amide bonds. The summed E-state index contributed by atoms with van der Waals surface area (Å²) in [6.07, 6.45) is 9.20. The Labute approximate surface area is 105 Å². The van der Waals surface area contributed by atoms with E-state index in [-0.39, 0.29) is 6.54 Å². The van der Waals surface area contributed by atoms with Crippen molar-refractivity contribution in [2.45, 2.75) is 51.5 Å². The van der Waals surface area contributed by atoms with E-state index in [0.717, 1.165) is 18.8 Å². The number of carbonyl (C=O) groups is 1. The topological polar surface area (TPSA) is 40.5 Å². The van der Waals surface area contributed by atoms with E-state index in [0.29, 0.717) is 12.6 Å². The Kier molecular flexibility index (Phi) is 6.27. The first-order valence-electron chi connectivity index (χ1n) is 6.74. The molecule has 0 aromatic rings. The predicted molar refractivity (Wildman–Crippen MR) is 70.1 cm³/mol. The Morgan fingerprint density at radius 3 is 2.53 bits per heavy atom. The summed E-state index contributed by atoms with van der Waals surface area (Å²) in [5.74, 6) is 0.134. The first-order valence-corrected chi connectivity index (χ1v) is 6.74. The Morgan fingerprint density at radius 2 is 2.06 bits per heavy atom. The van der Waals surface area contributed by atoms with Crippen LogP contribution < -0.4 is 0 Å². The molecule has 1 N–H and O–H groups in total. The molecule has 0 bridgehead atoms. The van der Waals surface area contributed by atoms with E-state index in [1.54, 1.807) is 6.08 Å². The number of aliphatic carboxylic acids is 1. The van der Waals surface area contributed by atoms with Gasteiger partial charge in [0.1, 0.15) is 0 Å². The molecule has 1 aliphatic rings. The van der Waals surface area contributed by atoms with E-state index in [1.165, 1.54) is 25.7 Å². The van der Waals surface area contributed by atoms with Crippen molar-refractivity contribution in [1.29, 1.82) is 0 Å². The van der Waals surface area contributed by atoms with Gasteiger partial charge in [-0.1, -0.05) is 25.8 Å². The minimum atomic E-state index is -0.734. The number of rotatable bonds is 7. The molecule has 0 aromatic heterocycles. The lowest BCUT2D eigenvalue weighted by Gasteiger charge is -2.35. The van der Waals surface area contributed by atoms with Crippen molar-refractivity contribution in [2.75, 3.05) is 13.1 Å². The van der Waals surface area contributed by atoms with Gasteiger partial charge in [-0.3, -0.25) is 9.69 Å². The molecule has 0 aromatic carbocycles. The number of nitrogens with zero attached hydrogens (tertiary/aromatic N) is 1. The van der Waals surface area contributed by atoms with Crippen molar-refractivity contribution in [3.63, 3.8) is 0 Å². The van der Waals surface area contributed by atoms with Crippen molar-refractivity contribution in [3.8, 4) is 0 Å². The number of carboxylic acids is 1. The van der Waals surface area contributed by atoms with Crippen LogP contribution in [0, 0.1) is 5.92 Å². The molecule has 1 saturated carbocycles. The zero-order chi connectivity index (χ0) is 12.7. The minimum Gasteiger partial charge on any atom is -0.480 e. The molecule has 17 heavy (non-hydrogen) atoms. The maximum absolute atomic E-state index is 10.8. The lowest BCUT2D eigenvalue weighted by molar-refractivity contribution is -0.139. The highest BCUT2D eigenvalue weighted by molar-refractivity contribution is 5.69. The van der Waals surface area contributed by atoms with Crippen LogP contribution in [0.1, 0.15) is 45.4 Å². The molecule has 1 aliphatic carbocycles. The van der Waals surface area contributed by atoms with Gasteiger partial charge >= 0.3 is 5.97 Å². The van der Waals surface area contributed by atoms with Gasteiger partial charge in [0.25, 0.3) is 0 Å². The van der Waals surface area contributed by atoms with Gasteiger partial charge in [-0.05, 0) is 31.6 Å². The molecule has 0 aliphatic heterocycles. The summed E-state index contributed by atoms with van der Waals surface area (Å²) in [7, 11) is 0. The van der Waals surface area contributed by atoms with E-state index in [4.69, 9.17) is 5.11 Å². The molecule has 1 rings (SSSR count). The molecule has 0 atom stereocenters. The van der Waals surface area contributed by atoms with Gasteiger partial charge < -0.3 is 5.11 Å². The summed E-state index contributed by atoms with van der Waals surface area (Å²) in [5, 5.41) is 8.90. The molecule has 3 heteroatoms. The zero-order valence-electron chi connectivity index (χ0n) is 10.9. The van der Waals surface area contributed by atoms with Crippen LogP contribution >= 0.6 is 0 Å². The fourth-order valence-corrected chi connectivity index (χ4v) is 2.89. The van der Waals surface area contributed by atoms with Crippen molar-refractivity contribution >= 4 is 5.97 Å². The SMILES string of the molecule is C=CCN(CC(=O)O)C1CCC(CCC)CC1. The van der Waals surface area contributed by atoms with Gasteiger partial charge in [-0.25, -0.2) is 0 Å². The molecule has 0 saturated heterocycles. The smallest absolute Gasteiger partial charge is 0.317 e. The summed E-state index contributed by atoms with van der Waals surface area (Å²) in [6.45, 7) is 6.79. The summed E-state index contributed by atoms with van der Waals surface area (Å²) >= 11 is 0. The highest BCUT2D eigenvalue weighted by Crippen LogP contribution is 2.30. The summed E-state index contributed by atoms with van der Waals surface area (Å²) in [5.41, 5.74) is 0. The lowest BCUT2D eigenvalue weighted by atomic mass is 9.83. The van der Waals surface area contributed by atoms with Gasteiger partial charge in [-0.15, -0.1) is 6.58 Å². The van der Waals surface area contributed by atoms with Gasteiger partial charge in [0.05, 0.1) is 6.54 Å². The minimum absolute atomic E-state index is 0.148. The van der Waals surface area contributed by atoms with Gasteiger partial charge in [0.2, 0.25) is 0 Å². The maximum Gasteiger partial charge on any atom is 0.317 e. The molecular weight excluding hydrogens is 214 g/mol. The van der Waals surface area contributed by atoms with Crippen LogP contribution in [0.25, 0.3) is 0 Å². The Hall–Kier alpha value is -0.830. The second kappa shape index (κ2) is 7.49. The van der Waals surface area contributed by atoms with E-state index < -0.39 is 5.97 Å². The van der Waals surface area contributed by atoms with Crippen molar-refractivity contribution in [3.05, 3.63) is 12.7 Å². The van der Waals surface area contributed by atoms with Gasteiger partial charge in [-0.2, -0.15) is 0 Å². The molecule has 98 valence electrons. The van der Waals surface area contributed by atoms with Crippen LogP contribution in [0.15, 0.2) is 12.7 Å². The van der Waals surface area contributed by atoms with Crippen LogP contribution in [0.3, 0.4) is 0 Å². The van der Waals surface area contributed by atoms with E-state index in [2.05, 4.69) is 18.4 Å². The van der Waals surface area contributed by atoms with Crippen molar-refractivity contribution < 1.29 is 9.90 Å². The van der Waals surface area contributed by atoms with Crippen molar-refractivity contribution in [2.24, 2.45) is 5.92 Å². The average Bonchev–Trinajstić information content (AvgIpc) is 2.29. The highest BCUT2D eigenvalue weighted by Gasteiger charge is 2.25.